The minimum atomic E-state index is -3.19. The van der Waals surface area contributed by atoms with Crippen molar-refractivity contribution in [2.45, 2.75) is 71.3 Å². The van der Waals surface area contributed by atoms with Crippen LogP contribution in [0.1, 0.15) is 55.4 Å². The number of carbonyl (C=O) groups excluding carboxylic acids is 2. The van der Waals surface area contributed by atoms with Gasteiger partial charge >= 0.3 is 11.9 Å². The molecule has 0 saturated carbocycles. The fourth-order valence-corrected chi connectivity index (χ4v) is 10.3. The molecule has 1 atom stereocenters. The van der Waals surface area contributed by atoms with E-state index in [9.17, 15) is 9.59 Å². The summed E-state index contributed by atoms with van der Waals surface area (Å²) in [6, 6.07) is 0. The second kappa shape index (κ2) is 7.89. The van der Waals surface area contributed by atoms with Crippen LogP contribution in [0.4, 0.5) is 0 Å². The van der Waals surface area contributed by atoms with Crippen molar-refractivity contribution in [3.8, 4) is 0 Å². The van der Waals surface area contributed by atoms with Gasteiger partial charge in [-0.25, -0.2) is 9.59 Å². The van der Waals surface area contributed by atoms with Crippen molar-refractivity contribution in [1.82, 2.24) is 0 Å². The highest BCUT2D eigenvalue weighted by Crippen LogP contribution is 2.62. The van der Waals surface area contributed by atoms with E-state index in [1.807, 2.05) is 41.5 Å². The molecule has 27 heavy (non-hydrogen) atoms. The number of methoxy groups -OCH3 is 1. The van der Waals surface area contributed by atoms with Gasteiger partial charge in [-0.15, -0.1) is 0 Å². The maximum atomic E-state index is 13.2. The molecule has 0 aromatic carbocycles. The summed E-state index contributed by atoms with van der Waals surface area (Å²) in [5.41, 5.74) is 0.0526. The first-order valence-electron chi connectivity index (χ1n) is 9.28. The lowest BCUT2D eigenvalue weighted by atomic mass is 10.1. The summed E-state index contributed by atoms with van der Waals surface area (Å²) in [7, 11) is -1.76. The SMILES string of the molecule is C=CC1(OC)O[Si](C(C)(C)C)(C(C)(C)C)C(C(=O)OCC)=C1C(=O)OCC. The van der Waals surface area contributed by atoms with Crippen LogP contribution in [-0.2, 0) is 28.2 Å². The summed E-state index contributed by atoms with van der Waals surface area (Å²) < 4.78 is 23.0. The van der Waals surface area contributed by atoms with Crippen LogP contribution in [0.2, 0.25) is 10.1 Å². The Morgan fingerprint density at radius 3 is 1.81 bits per heavy atom. The predicted molar refractivity (Wildman–Crippen MR) is 106 cm³/mol. The first-order chi connectivity index (χ1) is 12.3. The van der Waals surface area contributed by atoms with Crippen molar-refractivity contribution >= 4 is 20.3 Å². The molecule has 0 spiro atoms. The van der Waals surface area contributed by atoms with Crippen molar-refractivity contribution in [1.29, 1.82) is 0 Å². The predicted octanol–water partition coefficient (Wildman–Crippen LogP) is 4.05. The molecule has 0 aromatic rings. The van der Waals surface area contributed by atoms with Gasteiger partial charge in [-0.3, -0.25) is 0 Å². The molecule has 6 nitrogen and oxygen atoms in total. The van der Waals surface area contributed by atoms with Gasteiger partial charge in [0.15, 0.2) is 0 Å². The molecule has 1 heterocycles. The Bertz CT molecular complexity index is 624. The van der Waals surface area contributed by atoms with E-state index >= 15 is 0 Å². The van der Waals surface area contributed by atoms with Crippen LogP contribution in [0.25, 0.3) is 0 Å². The summed E-state index contributed by atoms with van der Waals surface area (Å²) >= 11 is 0. The van der Waals surface area contributed by atoms with Crippen LogP contribution in [-0.4, -0.2) is 46.4 Å². The molecule has 154 valence electrons. The Kier molecular flexibility index (Phi) is 6.90. The number of hydrogen-bond donors (Lipinski definition) is 0. The largest absolute Gasteiger partial charge is 0.463 e. The van der Waals surface area contributed by atoms with Crippen LogP contribution in [0.15, 0.2) is 23.4 Å². The van der Waals surface area contributed by atoms with Gasteiger partial charge < -0.3 is 18.6 Å². The van der Waals surface area contributed by atoms with E-state index in [1.54, 1.807) is 13.8 Å². The number of ether oxygens (including phenoxy) is 3. The Hall–Kier alpha value is -1.44. The molecule has 1 rings (SSSR count). The van der Waals surface area contributed by atoms with E-state index in [0.29, 0.717) is 0 Å². The van der Waals surface area contributed by atoms with Gasteiger partial charge in [0.25, 0.3) is 0 Å². The van der Waals surface area contributed by atoms with Crippen LogP contribution in [0.3, 0.4) is 0 Å². The highest BCUT2D eigenvalue weighted by Gasteiger charge is 2.70. The topological polar surface area (TPSA) is 71.1 Å². The number of hydrogen-bond acceptors (Lipinski definition) is 6. The second-order valence-electron chi connectivity index (χ2n) is 8.55. The van der Waals surface area contributed by atoms with E-state index in [-0.39, 0.29) is 24.0 Å². The summed E-state index contributed by atoms with van der Waals surface area (Å²) in [6.07, 6.45) is 1.42. The van der Waals surface area contributed by atoms with Crippen molar-refractivity contribution < 1.29 is 28.2 Å². The van der Waals surface area contributed by atoms with Gasteiger partial charge in [0, 0.05) is 7.11 Å². The maximum Gasteiger partial charge on any atom is 0.340 e. The molecule has 0 radical (unpaired) electrons. The van der Waals surface area contributed by atoms with Gasteiger partial charge in [0.1, 0.15) is 5.57 Å². The molecule has 1 aliphatic rings. The zero-order valence-corrected chi connectivity index (χ0v) is 19.1. The molecule has 0 saturated heterocycles. The average Bonchev–Trinajstić information content (AvgIpc) is 2.88. The lowest BCUT2D eigenvalue weighted by Crippen LogP contribution is -2.58. The first kappa shape index (κ1) is 23.6. The van der Waals surface area contributed by atoms with Gasteiger partial charge in [-0.05, 0) is 30.0 Å². The highest BCUT2D eigenvalue weighted by atomic mass is 28.4. The molecule has 0 aliphatic carbocycles. The van der Waals surface area contributed by atoms with Crippen molar-refractivity contribution in [2.24, 2.45) is 0 Å². The van der Waals surface area contributed by atoms with E-state index in [1.165, 1.54) is 13.2 Å². The summed E-state index contributed by atoms with van der Waals surface area (Å²) in [5, 5.41) is -0.632. The second-order valence-corrected chi connectivity index (χ2v) is 13.6. The molecular weight excluding hydrogens is 364 g/mol. The van der Waals surface area contributed by atoms with Crippen molar-refractivity contribution in [3.05, 3.63) is 23.4 Å². The molecule has 7 heteroatoms. The Labute approximate surface area is 164 Å². The van der Waals surface area contributed by atoms with Crippen LogP contribution in [0.5, 0.6) is 0 Å². The minimum absolute atomic E-state index is 0.0526. The Morgan fingerprint density at radius 2 is 1.48 bits per heavy atom. The molecule has 0 amide bonds. The van der Waals surface area contributed by atoms with Gasteiger partial charge in [-0.2, -0.15) is 0 Å². The Balaban J connectivity index is 4.08. The fourth-order valence-electron chi connectivity index (χ4n) is 4.13. The average molecular weight is 399 g/mol. The third kappa shape index (κ3) is 3.64. The number of carbonyl (C=O) groups is 2. The Morgan fingerprint density at radius 1 is 1.04 bits per heavy atom. The smallest absolute Gasteiger partial charge is 0.340 e. The first-order valence-corrected chi connectivity index (χ1v) is 11.2. The molecule has 0 fully saturated rings. The van der Waals surface area contributed by atoms with E-state index in [0.717, 1.165) is 0 Å². The third-order valence-corrected chi connectivity index (χ3v) is 10.9. The number of rotatable bonds is 6. The van der Waals surface area contributed by atoms with E-state index in [2.05, 4.69) is 6.58 Å². The maximum absolute atomic E-state index is 13.2. The summed E-state index contributed by atoms with van der Waals surface area (Å²) in [6.45, 7) is 19.7. The third-order valence-electron chi connectivity index (χ3n) is 4.90. The fraction of sp³-hybridized carbons (Fsp3) is 0.700. The zero-order chi connectivity index (χ0) is 21.3. The molecule has 0 N–H and O–H groups in total. The molecule has 1 aliphatic heterocycles. The minimum Gasteiger partial charge on any atom is -0.463 e. The van der Waals surface area contributed by atoms with Gasteiger partial charge in [0.2, 0.25) is 14.1 Å². The van der Waals surface area contributed by atoms with Crippen LogP contribution in [0, 0.1) is 0 Å². The monoisotopic (exact) mass is 398 g/mol. The highest BCUT2D eigenvalue weighted by molar-refractivity contribution is 6.91. The van der Waals surface area contributed by atoms with E-state index in [4.69, 9.17) is 18.6 Å². The number of esters is 2. The molecular formula is C20H34O6Si. The van der Waals surface area contributed by atoms with Crippen molar-refractivity contribution in [2.75, 3.05) is 20.3 Å². The molecule has 1 unspecified atom stereocenters. The van der Waals surface area contributed by atoms with Crippen LogP contribution >= 0.6 is 0 Å². The summed E-state index contributed by atoms with van der Waals surface area (Å²) in [5.74, 6) is -2.76. The van der Waals surface area contributed by atoms with Gasteiger partial charge in [0.05, 0.1) is 18.4 Å². The molecule has 0 bridgehead atoms. The van der Waals surface area contributed by atoms with Gasteiger partial charge in [-0.1, -0.05) is 48.1 Å². The molecule has 0 aromatic heterocycles. The summed E-state index contributed by atoms with van der Waals surface area (Å²) in [4.78, 5) is 26.1. The van der Waals surface area contributed by atoms with Crippen LogP contribution < -0.4 is 0 Å². The van der Waals surface area contributed by atoms with E-state index < -0.39 is 36.1 Å². The normalized spacial score (nSPS) is 22.6. The lowest BCUT2D eigenvalue weighted by Gasteiger charge is -2.49. The van der Waals surface area contributed by atoms with Crippen molar-refractivity contribution in [3.63, 3.8) is 0 Å². The standard InChI is InChI=1S/C20H34O6Si/c1-11-20(23-10)14(16(21)24-12-2)15(17(22)25-13-3)27(26-20,18(4,5)6)19(7,8)9/h11H,1,12-13H2,2-10H3. The zero-order valence-electron chi connectivity index (χ0n) is 18.1. The quantitative estimate of drug-likeness (QED) is 0.382. The lowest BCUT2D eigenvalue weighted by molar-refractivity contribution is -0.149.